The van der Waals surface area contributed by atoms with Gasteiger partial charge in [0.1, 0.15) is 40.2 Å². The Balaban J connectivity index is 0.000000208. The van der Waals surface area contributed by atoms with Gasteiger partial charge in [0.05, 0.1) is 75.8 Å². The van der Waals surface area contributed by atoms with Crippen molar-refractivity contribution in [2.45, 2.75) is 41.5 Å². The fourth-order valence-corrected chi connectivity index (χ4v) is 17.2. The van der Waals surface area contributed by atoms with Crippen LogP contribution < -0.4 is 38.0 Å². The fraction of sp³-hybridized carbons (Fsp3) is 0.0577. The van der Waals surface area contributed by atoms with Gasteiger partial charge in [-0.2, -0.15) is 35.7 Å². The van der Waals surface area contributed by atoms with Crippen molar-refractivity contribution in [3.63, 3.8) is 0 Å². The highest BCUT2D eigenvalue weighted by Gasteiger charge is 2.19. The second-order valence-corrected chi connectivity index (χ2v) is 40.8. The van der Waals surface area contributed by atoms with E-state index in [0.29, 0.717) is 94.7 Å². The van der Waals surface area contributed by atoms with Gasteiger partial charge in [-0.3, -0.25) is 33.6 Å². The Bertz CT molecular complexity index is 7280. The summed E-state index contributed by atoms with van der Waals surface area (Å²) < 4.78 is 35.5. The van der Waals surface area contributed by atoms with Crippen LogP contribution >= 0.6 is 191 Å². The normalized spacial score (nSPS) is 10.8. The zero-order chi connectivity index (χ0) is 107. The van der Waals surface area contributed by atoms with Crippen LogP contribution in [0.15, 0.2) is 350 Å². The van der Waals surface area contributed by atoms with Crippen molar-refractivity contribution in [2.75, 3.05) is 0 Å². The highest BCUT2D eigenvalue weighted by Crippen LogP contribution is 2.32. The lowest BCUT2D eigenvalue weighted by Crippen LogP contribution is -2.19. The predicted molar refractivity (Wildman–Crippen MR) is 608 cm³/mol. The molecule has 0 aliphatic carbocycles. The van der Waals surface area contributed by atoms with Crippen LogP contribution in [-0.2, 0) is 0 Å². The Kier molecular flexibility index (Phi) is 48.5. The SMILES string of the molecule is Cc1cc(Br)c(O)c(/C=N/NC(=O)c2ccccc2C)c1.Cc1ccc(/C=N/NC(=O)c2cc(Br)ccc2Br)c(O)c1.Cc1ccc(/C=N/NC(=O)c2ccc(Br)cc2)c(O)c1.Cc1ccc(/C=N/NC(=O)c2ccc(Br)cc2Br)c(O)c1.Cc1ccc(/C=N/NC(=O)c2cccc(F)c2F)c(O)c1.O=C(N/N=C/c1cc(Br)ccc1O)c1cc(Br)ccc1Br.O=C(N/N=C/c1cc(Br)ccc1O)c1ccc(Br)cc1Br. The van der Waals surface area contributed by atoms with E-state index < -0.39 is 23.1 Å². The third kappa shape index (κ3) is 39.2. The molecule has 750 valence electrons. The number of halogens is 14. The van der Waals surface area contributed by atoms with Crippen molar-refractivity contribution in [1.82, 2.24) is 38.0 Å². The lowest BCUT2D eigenvalue weighted by Gasteiger charge is -2.05. The van der Waals surface area contributed by atoms with Crippen molar-refractivity contribution >= 4 is 276 Å². The number of hydrogen-bond donors (Lipinski definition) is 14. The van der Waals surface area contributed by atoms with Crippen LogP contribution in [-0.4, -0.2) is 121 Å². The minimum absolute atomic E-state index is 0.00457. The minimum atomic E-state index is -1.23. The van der Waals surface area contributed by atoms with Crippen molar-refractivity contribution in [3.05, 3.63) is 437 Å². The maximum Gasteiger partial charge on any atom is 0.274 e. The van der Waals surface area contributed by atoms with E-state index in [0.717, 1.165) is 76.8 Å². The number of aromatic hydroxyl groups is 7. The van der Waals surface area contributed by atoms with Crippen molar-refractivity contribution in [2.24, 2.45) is 35.7 Å². The van der Waals surface area contributed by atoms with E-state index in [2.05, 4.69) is 265 Å². The van der Waals surface area contributed by atoms with Gasteiger partial charge in [0, 0.05) is 99.3 Å². The lowest BCUT2D eigenvalue weighted by molar-refractivity contribution is 0.0942. The molecule has 28 nitrogen and oxygen atoms in total. The molecule has 0 spiro atoms. The van der Waals surface area contributed by atoms with Gasteiger partial charge in [-0.05, 0) is 367 Å². The van der Waals surface area contributed by atoms with Gasteiger partial charge in [-0.1, -0.05) is 160 Å². The van der Waals surface area contributed by atoms with Crippen LogP contribution in [0.25, 0.3) is 0 Å². The largest absolute Gasteiger partial charge is 0.507 e. The molecule has 0 bridgehead atoms. The van der Waals surface area contributed by atoms with E-state index in [1.54, 1.807) is 188 Å². The van der Waals surface area contributed by atoms with Gasteiger partial charge >= 0.3 is 0 Å². The molecule has 0 saturated heterocycles. The summed E-state index contributed by atoms with van der Waals surface area (Å²) >= 11 is 39.7. The summed E-state index contributed by atoms with van der Waals surface area (Å²) in [5.41, 5.74) is 28.3. The molecular formula is C104H82Br12F2N14O14. The van der Waals surface area contributed by atoms with Gasteiger partial charge in [-0.25, -0.2) is 46.8 Å². The maximum absolute atomic E-state index is 13.4. The average molecular weight is 2750 g/mol. The van der Waals surface area contributed by atoms with Gasteiger partial charge in [0.25, 0.3) is 41.4 Å². The fourth-order valence-electron chi connectivity index (χ4n) is 11.5. The first-order chi connectivity index (χ1) is 69.4. The number of carbonyl (C=O) groups is 7. The van der Waals surface area contributed by atoms with Crippen LogP contribution in [0.3, 0.4) is 0 Å². The molecule has 146 heavy (non-hydrogen) atoms. The molecule has 0 fully saturated rings. The number of nitrogens with one attached hydrogen (secondary N) is 7. The number of benzene rings is 14. The van der Waals surface area contributed by atoms with Crippen LogP contribution in [0.1, 0.15) is 145 Å². The number of phenolic OH excluding ortho intramolecular Hbond substituents is 7. The molecule has 0 unspecified atom stereocenters. The topological polar surface area (TPSA) is 432 Å². The van der Waals surface area contributed by atoms with Gasteiger partial charge in [0.15, 0.2) is 11.6 Å². The van der Waals surface area contributed by atoms with Crippen molar-refractivity contribution < 1.29 is 78.1 Å². The molecule has 0 saturated carbocycles. The van der Waals surface area contributed by atoms with E-state index in [9.17, 15) is 78.1 Å². The zero-order valence-electron chi connectivity index (χ0n) is 76.8. The number of rotatable bonds is 21. The molecular weight excluding hydrogens is 2670 g/mol. The standard InChI is InChI=1S/C16H15BrN2O2.2C15H12Br2N2O2.C15H13BrN2O2.C15H12F2N2O2.2C14H9Br3N2O2/c1-10-7-12(15(20)14(17)8-10)9-18-19-16(21)13-6-4-3-5-11(13)2;1-9-2-3-10(14(20)6-9)8-18-19-15(21)12-7-11(16)4-5-13(12)17;1-9-2-3-10(14(20)6-9)8-18-19-15(21)12-5-4-11(16)7-13(12)17;1-10-2-3-12(14(19)8-10)9-17-18-15(20)11-4-6-13(16)7-5-11;1-9-5-6-10(13(20)7-9)8-18-19-15(21)11-3-2-4-12(16)14(11)17;15-9-2-4-13(20)8(5-9)7-18-19-14(21)11-6-10(16)1-3-12(11)17;15-9-2-4-13(20)8(5-9)7-18-19-14(21)11-3-1-10(16)6-12(11)17/h3-9,20H,1-2H3,(H,19,21);2*2-8,20H,1H3,(H,19,21);2-9,19H,1H3,(H,18,20);2-8,20H,1H3,(H,19,21);2*1-7,20H,(H,19,21)/b18-9+;2*18-8+;17-9+;18-8+;2*18-7+. The van der Waals surface area contributed by atoms with Crippen LogP contribution in [0, 0.1) is 53.2 Å². The summed E-state index contributed by atoms with van der Waals surface area (Å²) in [5, 5.41) is 94.8. The van der Waals surface area contributed by atoms with Crippen molar-refractivity contribution in [1.29, 1.82) is 0 Å². The Labute approximate surface area is 937 Å². The molecule has 0 heterocycles. The predicted octanol–water partition coefficient (Wildman–Crippen LogP) is 26.4. The average Bonchev–Trinajstić information content (AvgIpc) is 0.849. The molecule has 0 aliphatic heterocycles. The quantitative estimate of drug-likeness (QED) is 0.0235. The Morgan fingerprint density at radius 1 is 0.233 bits per heavy atom. The van der Waals surface area contributed by atoms with E-state index >= 15 is 0 Å². The molecule has 0 atom stereocenters. The first kappa shape index (κ1) is 119. The Morgan fingerprint density at radius 2 is 0.534 bits per heavy atom. The number of carbonyl (C=O) groups excluding carboxylic acids is 7. The number of hydrazone groups is 7. The van der Waals surface area contributed by atoms with Crippen molar-refractivity contribution in [3.8, 4) is 40.2 Å². The third-order valence-electron chi connectivity index (χ3n) is 18.9. The van der Waals surface area contributed by atoms with Gasteiger partial charge in [-0.15, -0.1) is 0 Å². The second-order valence-electron chi connectivity index (χ2n) is 30.2. The highest BCUT2D eigenvalue weighted by molar-refractivity contribution is 9.12. The molecule has 14 aromatic rings. The summed E-state index contributed by atoms with van der Waals surface area (Å²) in [6, 6.07) is 72.6. The molecule has 0 aromatic heterocycles. The summed E-state index contributed by atoms with van der Waals surface area (Å²) in [6.45, 7) is 11.2. The molecule has 42 heteroatoms. The van der Waals surface area contributed by atoms with Gasteiger partial charge in [0.2, 0.25) is 0 Å². The summed E-state index contributed by atoms with van der Waals surface area (Å²) in [5.74, 6) is -4.55. The van der Waals surface area contributed by atoms with E-state index in [1.165, 1.54) is 61.7 Å². The molecule has 14 N–H and O–H groups in total. The van der Waals surface area contributed by atoms with Crippen LogP contribution in [0.5, 0.6) is 40.2 Å². The minimum Gasteiger partial charge on any atom is -0.507 e. The Morgan fingerprint density at radius 3 is 0.904 bits per heavy atom. The van der Waals surface area contributed by atoms with Crippen LogP contribution in [0.2, 0.25) is 0 Å². The third-order valence-corrected chi connectivity index (χ3v) is 25.7. The van der Waals surface area contributed by atoms with Crippen LogP contribution in [0.4, 0.5) is 8.78 Å². The zero-order valence-corrected chi connectivity index (χ0v) is 95.8. The van der Waals surface area contributed by atoms with E-state index in [1.807, 2.05) is 84.0 Å². The molecule has 0 radical (unpaired) electrons. The number of phenols is 7. The summed E-state index contributed by atoms with van der Waals surface area (Å²) in [7, 11) is 0. The van der Waals surface area contributed by atoms with Gasteiger partial charge < -0.3 is 35.7 Å². The smallest absolute Gasteiger partial charge is 0.274 e. The molecule has 0 aliphatic rings. The highest BCUT2D eigenvalue weighted by atomic mass is 79.9. The molecule has 14 aromatic carbocycles. The Hall–Kier alpha value is -12.7. The monoisotopic (exact) mass is 2740 g/mol. The summed E-state index contributed by atoms with van der Waals surface area (Å²) in [4.78, 5) is 83.4. The molecule has 7 amide bonds. The lowest BCUT2D eigenvalue weighted by atomic mass is 10.1. The summed E-state index contributed by atoms with van der Waals surface area (Å²) in [6.07, 6.45) is 9.60. The van der Waals surface area contributed by atoms with E-state index in [-0.39, 0.29) is 75.7 Å². The number of hydrogen-bond acceptors (Lipinski definition) is 21. The maximum atomic E-state index is 13.4. The first-order valence-corrected chi connectivity index (χ1v) is 51.5. The number of aryl methyl sites for hydroxylation is 6. The number of nitrogens with zero attached hydrogens (tertiary/aromatic N) is 7. The molecule has 14 rings (SSSR count). The number of amides is 7. The first-order valence-electron chi connectivity index (χ1n) is 42.0. The second kappa shape index (κ2) is 59.8. The van der Waals surface area contributed by atoms with E-state index in [4.69, 9.17) is 0 Å².